The number of thiazole rings is 1. The molecular formula is C14H25N3S. The van der Waals surface area contributed by atoms with Gasteiger partial charge in [-0.2, -0.15) is 0 Å². The molecule has 1 aromatic rings. The number of nitrogens with one attached hydrogen (secondary N) is 1. The lowest BCUT2D eigenvalue weighted by Crippen LogP contribution is -2.33. The summed E-state index contributed by atoms with van der Waals surface area (Å²) in [5.41, 5.74) is 5.96. The normalized spacial score (nSPS) is 17.9. The molecule has 0 radical (unpaired) electrons. The largest absolute Gasteiger partial charge is 0.361 e. The number of anilines is 1. The first-order valence-electron chi connectivity index (χ1n) is 7.00. The minimum atomic E-state index is 0.356. The molecule has 0 spiro atoms. The van der Waals surface area contributed by atoms with E-state index in [0.717, 1.165) is 22.5 Å². The van der Waals surface area contributed by atoms with Gasteiger partial charge in [0.2, 0.25) is 0 Å². The van der Waals surface area contributed by atoms with E-state index in [1.165, 1.54) is 32.1 Å². The molecule has 0 bridgehead atoms. The molecule has 102 valence electrons. The molecule has 0 amide bonds. The Morgan fingerprint density at radius 2 is 2.11 bits per heavy atom. The van der Waals surface area contributed by atoms with Gasteiger partial charge in [-0.15, -0.1) is 11.3 Å². The third-order valence-electron chi connectivity index (χ3n) is 4.16. The van der Waals surface area contributed by atoms with Crippen LogP contribution in [0.1, 0.15) is 50.8 Å². The molecule has 0 unspecified atom stereocenters. The van der Waals surface area contributed by atoms with Gasteiger partial charge in [-0.25, -0.2) is 4.98 Å². The predicted molar refractivity (Wildman–Crippen MR) is 78.9 cm³/mol. The highest BCUT2D eigenvalue weighted by Gasteiger charge is 2.30. The molecule has 0 saturated heterocycles. The Labute approximate surface area is 114 Å². The average molecular weight is 267 g/mol. The topological polar surface area (TPSA) is 50.9 Å². The van der Waals surface area contributed by atoms with Gasteiger partial charge < -0.3 is 11.1 Å². The van der Waals surface area contributed by atoms with Gasteiger partial charge in [-0.1, -0.05) is 33.1 Å². The molecule has 0 aliphatic heterocycles. The molecule has 1 aromatic heterocycles. The van der Waals surface area contributed by atoms with Crippen LogP contribution < -0.4 is 11.1 Å². The first-order chi connectivity index (χ1) is 8.62. The lowest BCUT2D eigenvalue weighted by atomic mass is 9.71. The molecule has 1 saturated carbocycles. The monoisotopic (exact) mass is 267 g/mol. The molecule has 18 heavy (non-hydrogen) atoms. The van der Waals surface area contributed by atoms with Gasteiger partial charge in [0.05, 0.1) is 0 Å². The van der Waals surface area contributed by atoms with Gasteiger partial charge in [0.25, 0.3) is 0 Å². The Balaban J connectivity index is 1.87. The zero-order chi connectivity index (χ0) is 13.0. The maximum absolute atomic E-state index is 5.60. The molecule has 3 N–H and O–H groups in total. The lowest BCUT2D eigenvalue weighted by molar-refractivity contribution is 0.172. The Kier molecular flexibility index (Phi) is 4.62. The fourth-order valence-electron chi connectivity index (χ4n) is 2.82. The van der Waals surface area contributed by atoms with E-state index in [-0.39, 0.29) is 0 Å². The summed E-state index contributed by atoms with van der Waals surface area (Å²) in [5, 5.41) is 4.50. The zero-order valence-electron chi connectivity index (χ0n) is 11.5. The van der Waals surface area contributed by atoms with Crippen LogP contribution in [0, 0.1) is 11.3 Å². The smallest absolute Gasteiger partial charge is 0.182 e. The quantitative estimate of drug-likeness (QED) is 0.856. The molecular weight excluding hydrogens is 242 g/mol. The van der Waals surface area contributed by atoms with E-state index in [1.54, 1.807) is 11.3 Å². The second-order valence-electron chi connectivity index (χ2n) is 6.01. The van der Waals surface area contributed by atoms with Gasteiger partial charge >= 0.3 is 0 Å². The van der Waals surface area contributed by atoms with Crippen molar-refractivity contribution < 1.29 is 0 Å². The summed E-state index contributed by atoms with van der Waals surface area (Å²) in [7, 11) is 0. The highest BCUT2D eigenvalue weighted by atomic mass is 32.1. The third-order valence-corrected chi connectivity index (χ3v) is 5.14. The highest BCUT2D eigenvalue weighted by molar-refractivity contribution is 7.15. The van der Waals surface area contributed by atoms with Crippen LogP contribution in [0.2, 0.25) is 0 Å². The van der Waals surface area contributed by atoms with E-state index < -0.39 is 0 Å². The molecule has 0 aromatic carbocycles. The van der Waals surface area contributed by atoms with E-state index in [2.05, 4.69) is 24.1 Å². The Morgan fingerprint density at radius 3 is 2.72 bits per heavy atom. The number of aromatic nitrogens is 1. The van der Waals surface area contributed by atoms with Crippen LogP contribution >= 0.6 is 11.3 Å². The molecule has 4 heteroatoms. The second kappa shape index (κ2) is 6.02. The predicted octanol–water partition coefficient (Wildman–Crippen LogP) is 3.62. The summed E-state index contributed by atoms with van der Waals surface area (Å²) in [6.45, 7) is 6.36. The number of nitrogens with two attached hydrogens (primary N) is 1. The van der Waals surface area contributed by atoms with Gasteiger partial charge in [-0.3, -0.25) is 0 Å². The van der Waals surface area contributed by atoms with Crippen LogP contribution in [0.25, 0.3) is 0 Å². The molecule has 0 atom stereocenters. The van der Waals surface area contributed by atoms with Gasteiger partial charge in [0.15, 0.2) is 5.13 Å². The minimum Gasteiger partial charge on any atom is -0.361 e. The van der Waals surface area contributed by atoms with E-state index in [9.17, 15) is 0 Å². The fourth-order valence-corrected chi connectivity index (χ4v) is 3.50. The molecule has 2 rings (SSSR count). The van der Waals surface area contributed by atoms with Crippen molar-refractivity contribution in [3.05, 3.63) is 11.1 Å². The standard InChI is InChI=1S/C14H25N3S/c1-14(2,11-6-4-3-5-7-11)10-17-13-16-9-12(8-15)18-13/h9,11H,3-8,10,15H2,1-2H3,(H,16,17). The number of hydrogen-bond acceptors (Lipinski definition) is 4. The lowest BCUT2D eigenvalue weighted by Gasteiger charge is -2.37. The van der Waals surface area contributed by atoms with Crippen molar-refractivity contribution in [2.24, 2.45) is 17.1 Å². The SMILES string of the molecule is CC(C)(CNc1ncc(CN)s1)C1CCCCC1. The van der Waals surface area contributed by atoms with Crippen molar-refractivity contribution in [2.45, 2.75) is 52.5 Å². The maximum atomic E-state index is 5.60. The Morgan fingerprint density at radius 1 is 1.39 bits per heavy atom. The van der Waals surface area contributed by atoms with Crippen molar-refractivity contribution >= 4 is 16.5 Å². The number of hydrogen-bond donors (Lipinski definition) is 2. The summed E-state index contributed by atoms with van der Waals surface area (Å²) in [6.07, 6.45) is 8.89. The van der Waals surface area contributed by atoms with Gasteiger partial charge in [-0.05, 0) is 24.2 Å². The zero-order valence-corrected chi connectivity index (χ0v) is 12.4. The number of nitrogens with zero attached hydrogens (tertiary/aromatic N) is 1. The van der Waals surface area contributed by atoms with Crippen LogP contribution in [0.15, 0.2) is 6.20 Å². The summed E-state index contributed by atoms with van der Waals surface area (Å²) in [5.74, 6) is 0.854. The van der Waals surface area contributed by atoms with Crippen molar-refractivity contribution in [1.82, 2.24) is 4.98 Å². The van der Waals surface area contributed by atoms with E-state index in [0.29, 0.717) is 12.0 Å². The van der Waals surface area contributed by atoms with Crippen molar-refractivity contribution in [3.63, 3.8) is 0 Å². The van der Waals surface area contributed by atoms with Crippen molar-refractivity contribution in [3.8, 4) is 0 Å². The second-order valence-corrected chi connectivity index (χ2v) is 7.13. The summed E-state index contributed by atoms with van der Waals surface area (Å²) in [4.78, 5) is 5.51. The molecule has 1 aliphatic rings. The first-order valence-corrected chi connectivity index (χ1v) is 7.82. The van der Waals surface area contributed by atoms with Crippen LogP contribution in [0.4, 0.5) is 5.13 Å². The minimum absolute atomic E-state index is 0.356. The summed E-state index contributed by atoms with van der Waals surface area (Å²) >= 11 is 1.67. The molecule has 1 aliphatic carbocycles. The summed E-state index contributed by atoms with van der Waals surface area (Å²) in [6, 6.07) is 0. The Hall–Kier alpha value is -0.610. The fraction of sp³-hybridized carbons (Fsp3) is 0.786. The van der Waals surface area contributed by atoms with Crippen LogP contribution in [-0.2, 0) is 6.54 Å². The van der Waals surface area contributed by atoms with E-state index in [1.807, 2.05) is 6.20 Å². The van der Waals surface area contributed by atoms with E-state index >= 15 is 0 Å². The van der Waals surface area contributed by atoms with Crippen molar-refractivity contribution in [2.75, 3.05) is 11.9 Å². The van der Waals surface area contributed by atoms with Gasteiger partial charge in [0, 0.05) is 24.2 Å². The molecule has 1 heterocycles. The number of rotatable bonds is 5. The first kappa shape index (κ1) is 13.8. The van der Waals surface area contributed by atoms with Crippen LogP contribution in [0.3, 0.4) is 0 Å². The van der Waals surface area contributed by atoms with Crippen LogP contribution in [-0.4, -0.2) is 11.5 Å². The van der Waals surface area contributed by atoms with E-state index in [4.69, 9.17) is 5.73 Å². The molecule has 1 fully saturated rings. The Bertz CT molecular complexity index is 367. The van der Waals surface area contributed by atoms with Crippen molar-refractivity contribution in [1.29, 1.82) is 0 Å². The highest BCUT2D eigenvalue weighted by Crippen LogP contribution is 2.38. The molecule has 3 nitrogen and oxygen atoms in total. The summed E-state index contributed by atoms with van der Waals surface area (Å²) < 4.78 is 0. The maximum Gasteiger partial charge on any atom is 0.182 e. The van der Waals surface area contributed by atoms with Gasteiger partial charge in [0.1, 0.15) is 0 Å². The average Bonchev–Trinajstić information content (AvgIpc) is 2.86. The third kappa shape index (κ3) is 3.45. The van der Waals surface area contributed by atoms with Crippen LogP contribution in [0.5, 0.6) is 0 Å².